The van der Waals surface area contributed by atoms with Crippen molar-refractivity contribution in [1.82, 2.24) is 0 Å². The molecule has 11 heavy (non-hydrogen) atoms. The van der Waals surface area contributed by atoms with Crippen LogP contribution >= 0.6 is 0 Å². The van der Waals surface area contributed by atoms with Gasteiger partial charge in [0, 0.05) is 12.9 Å². The van der Waals surface area contributed by atoms with Gasteiger partial charge in [0.15, 0.2) is 0 Å². The molecule has 1 saturated heterocycles. The maximum atomic E-state index is 10.4. The van der Waals surface area contributed by atoms with Crippen LogP contribution in [0.3, 0.4) is 0 Å². The predicted octanol–water partition coefficient (Wildman–Crippen LogP) is 0.223. The molecule has 0 aromatic heterocycles. The van der Waals surface area contributed by atoms with Crippen LogP contribution in [0.15, 0.2) is 0 Å². The first-order valence-corrected chi connectivity index (χ1v) is 3.73. The Labute approximate surface area is 67.5 Å². The minimum Gasteiger partial charge on any atom is -0.463 e. The molecule has 60 valence electrons. The fourth-order valence-corrected chi connectivity index (χ4v) is 1.07. The molecule has 0 aliphatic carbocycles. The summed E-state index contributed by atoms with van der Waals surface area (Å²) < 4.78 is 9.97. The van der Waals surface area contributed by atoms with Crippen molar-refractivity contribution in [1.29, 1.82) is 0 Å². The van der Waals surface area contributed by atoms with Gasteiger partial charge in [0.1, 0.15) is 14.5 Å². The topological polar surface area (TPSA) is 35.5 Å². The van der Waals surface area contributed by atoms with Gasteiger partial charge in [0.2, 0.25) is 0 Å². The van der Waals surface area contributed by atoms with Crippen molar-refractivity contribution in [2.75, 3.05) is 6.61 Å². The molecule has 0 aromatic rings. The molecular weight excluding hydrogens is 143 g/mol. The molecule has 2 atom stereocenters. The van der Waals surface area contributed by atoms with Crippen LogP contribution in [0.5, 0.6) is 0 Å². The fraction of sp³-hybridized carbons (Fsp3) is 0.857. The van der Waals surface area contributed by atoms with Crippen LogP contribution in [0.1, 0.15) is 19.8 Å². The minimum absolute atomic E-state index is 0.00824. The summed E-state index contributed by atoms with van der Waals surface area (Å²) in [7, 11) is 5.47. The number of hydrogen-bond acceptors (Lipinski definition) is 3. The monoisotopic (exact) mass is 154 g/mol. The summed E-state index contributed by atoms with van der Waals surface area (Å²) in [5, 5.41) is 0. The van der Waals surface area contributed by atoms with E-state index in [1.807, 2.05) is 0 Å². The summed E-state index contributed by atoms with van der Waals surface area (Å²) in [5.41, 5.74) is 0. The van der Waals surface area contributed by atoms with E-state index in [-0.39, 0.29) is 18.1 Å². The summed E-state index contributed by atoms with van der Waals surface area (Å²) in [6.07, 6.45) is 1.74. The van der Waals surface area contributed by atoms with Crippen LogP contribution in [0.25, 0.3) is 0 Å². The van der Waals surface area contributed by atoms with Crippen molar-refractivity contribution in [3.63, 3.8) is 0 Å². The Bertz CT molecular complexity index is 149. The zero-order valence-electron chi connectivity index (χ0n) is 6.58. The zero-order valence-corrected chi connectivity index (χ0v) is 6.58. The van der Waals surface area contributed by atoms with Crippen molar-refractivity contribution in [3.8, 4) is 0 Å². The highest BCUT2D eigenvalue weighted by atomic mass is 16.6. The Kier molecular flexibility index (Phi) is 2.94. The van der Waals surface area contributed by atoms with E-state index in [1.54, 1.807) is 0 Å². The first kappa shape index (κ1) is 8.59. The predicted molar refractivity (Wildman–Crippen MR) is 40.3 cm³/mol. The molecule has 1 aliphatic rings. The minimum atomic E-state index is -0.269. The Morgan fingerprint density at radius 2 is 2.45 bits per heavy atom. The summed E-state index contributed by atoms with van der Waals surface area (Å²) in [4.78, 5) is 10.4. The van der Waals surface area contributed by atoms with Gasteiger partial charge in [-0.25, -0.2) is 0 Å². The number of esters is 1. The Morgan fingerprint density at radius 3 is 2.91 bits per heavy atom. The lowest BCUT2D eigenvalue weighted by atomic mass is 9.97. The van der Waals surface area contributed by atoms with Gasteiger partial charge < -0.3 is 9.47 Å². The number of hydrogen-bond donors (Lipinski definition) is 0. The van der Waals surface area contributed by atoms with E-state index in [0.29, 0.717) is 6.61 Å². The second-order valence-electron chi connectivity index (χ2n) is 2.68. The van der Waals surface area contributed by atoms with Gasteiger partial charge in [-0.2, -0.15) is 0 Å². The van der Waals surface area contributed by atoms with Crippen LogP contribution < -0.4 is 0 Å². The van der Waals surface area contributed by atoms with Gasteiger partial charge in [-0.3, -0.25) is 4.79 Å². The molecule has 0 N–H and O–H groups in total. The molecule has 0 saturated carbocycles. The van der Waals surface area contributed by atoms with E-state index in [1.165, 1.54) is 6.92 Å². The van der Waals surface area contributed by atoms with Gasteiger partial charge in [-0.1, -0.05) is 0 Å². The molecule has 1 aliphatic heterocycles. The third-order valence-electron chi connectivity index (χ3n) is 1.61. The molecule has 0 aromatic carbocycles. The molecule has 2 radical (unpaired) electrons. The first-order valence-electron chi connectivity index (χ1n) is 3.73. The molecular formula is C7H11BO3. The van der Waals surface area contributed by atoms with Crippen molar-refractivity contribution in [2.45, 2.75) is 31.9 Å². The molecule has 2 unspecified atom stereocenters. The third-order valence-corrected chi connectivity index (χ3v) is 1.61. The van der Waals surface area contributed by atoms with Crippen LogP contribution in [0, 0.1) is 0 Å². The van der Waals surface area contributed by atoms with Crippen molar-refractivity contribution < 1.29 is 14.3 Å². The van der Waals surface area contributed by atoms with E-state index < -0.39 is 0 Å². The Balaban J connectivity index is 2.13. The molecule has 0 amide bonds. The van der Waals surface area contributed by atoms with Gasteiger partial charge in [0.05, 0.1) is 6.10 Å². The van der Waals surface area contributed by atoms with Crippen LogP contribution in [-0.4, -0.2) is 32.5 Å². The molecule has 1 rings (SSSR count). The van der Waals surface area contributed by atoms with E-state index in [2.05, 4.69) is 0 Å². The average Bonchev–Trinajstić information content (AvgIpc) is 2.31. The molecule has 0 spiro atoms. The number of carbonyl (C=O) groups is 1. The number of ether oxygens (including phenoxy) is 2. The lowest BCUT2D eigenvalue weighted by Crippen LogP contribution is -2.18. The maximum Gasteiger partial charge on any atom is 0.302 e. The SMILES string of the molecule is [B]C1CCC(COC(C)=O)O1. The summed E-state index contributed by atoms with van der Waals surface area (Å²) in [6.45, 7) is 1.72. The molecule has 4 heteroatoms. The summed E-state index contributed by atoms with van der Waals surface area (Å²) >= 11 is 0. The lowest BCUT2D eigenvalue weighted by molar-refractivity contribution is -0.144. The smallest absolute Gasteiger partial charge is 0.302 e. The van der Waals surface area contributed by atoms with E-state index in [4.69, 9.17) is 17.3 Å². The standard InChI is InChI=1S/C7H11BO3/c1-5(9)10-4-6-2-3-7(8)11-6/h6-7H,2-4H2,1H3. The van der Waals surface area contributed by atoms with Crippen molar-refractivity contribution >= 4 is 13.8 Å². The van der Waals surface area contributed by atoms with E-state index >= 15 is 0 Å². The van der Waals surface area contributed by atoms with Gasteiger partial charge in [-0.15, -0.1) is 0 Å². The highest BCUT2D eigenvalue weighted by Crippen LogP contribution is 2.17. The zero-order chi connectivity index (χ0) is 8.27. The van der Waals surface area contributed by atoms with Crippen LogP contribution in [0.4, 0.5) is 0 Å². The van der Waals surface area contributed by atoms with Gasteiger partial charge in [-0.05, 0) is 12.8 Å². The highest BCUT2D eigenvalue weighted by molar-refractivity contribution is 6.11. The van der Waals surface area contributed by atoms with Crippen LogP contribution in [-0.2, 0) is 14.3 Å². The van der Waals surface area contributed by atoms with E-state index in [9.17, 15) is 4.79 Å². The summed E-state index contributed by atoms with van der Waals surface area (Å²) in [5.74, 6) is -0.269. The van der Waals surface area contributed by atoms with Crippen molar-refractivity contribution in [2.24, 2.45) is 0 Å². The molecule has 1 fully saturated rings. The number of rotatable bonds is 2. The van der Waals surface area contributed by atoms with E-state index in [0.717, 1.165) is 12.8 Å². The quantitative estimate of drug-likeness (QED) is 0.421. The highest BCUT2D eigenvalue weighted by Gasteiger charge is 2.21. The van der Waals surface area contributed by atoms with Crippen LogP contribution in [0.2, 0.25) is 0 Å². The maximum absolute atomic E-state index is 10.4. The first-order chi connectivity index (χ1) is 5.18. The Hall–Kier alpha value is -0.505. The molecule has 3 nitrogen and oxygen atoms in total. The second kappa shape index (κ2) is 3.76. The third kappa shape index (κ3) is 2.93. The fourth-order valence-electron chi connectivity index (χ4n) is 1.07. The van der Waals surface area contributed by atoms with Gasteiger partial charge >= 0.3 is 5.97 Å². The number of carbonyl (C=O) groups excluding carboxylic acids is 1. The average molecular weight is 154 g/mol. The van der Waals surface area contributed by atoms with Gasteiger partial charge in [0.25, 0.3) is 0 Å². The normalized spacial score (nSPS) is 30.3. The van der Waals surface area contributed by atoms with Crippen molar-refractivity contribution in [3.05, 3.63) is 0 Å². The molecule has 1 heterocycles. The largest absolute Gasteiger partial charge is 0.463 e. The second-order valence-corrected chi connectivity index (χ2v) is 2.68. The summed E-state index contributed by atoms with van der Waals surface area (Å²) in [6, 6.07) is -0.171. The molecule has 0 bridgehead atoms. The lowest BCUT2D eigenvalue weighted by Gasteiger charge is -2.10. The Morgan fingerprint density at radius 1 is 1.73 bits per heavy atom.